The molecule has 0 radical (unpaired) electrons. The molecule has 2 aromatic carbocycles. The molecule has 0 N–H and O–H groups in total. The minimum atomic E-state index is -0.309. The van der Waals surface area contributed by atoms with E-state index in [1.54, 1.807) is 40.7 Å². The molecule has 2 aliphatic heterocycles. The minimum Gasteiger partial charge on any atom is -0.347 e. The zero-order valence-corrected chi connectivity index (χ0v) is 28.5. The van der Waals surface area contributed by atoms with Crippen LogP contribution in [0, 0.1) is 11.6 Å². The topological polar surface area (TPSA) is 136 Å². The Morgan fingerprint density at radius 1 is 0.765 bits per heavy atom. The molecule has 2 atom stereocenters. The van der Waals surface area contributed by atoms with Crippen LogP contribution in [0.5, 0.6) is 0 Å². The van der Waals surface area contributed by atoms with Gasteiger partial charge in [-0.15, -0.1) is 11.3 Å². The molecule has 51 heavy (non-hydrogen) atoms. The molecule has 2 aliphatic rings. The average molecular weight is 713 g/mol. The highest BCUT2D eigenvalue weighted by molar-refractivity contribution is 7.11. The van der Waals surface area contributed by atoms with Gasteiger partial charge in [0.25, 0.3) is 11.8 Å². The van der Waals surface area contributed by atoms with Crippen LogP contribution in [-0.4, -0.2) is 77.6 Å². The lowest BCUT2D eigenvalue weighted by molar-refractivity contribution is 0.0682. The van der Waals surface area contributed by atoms with Gasteiger partial charge in [0.15, 0.2) is 5.01 Å². The molecular weight excluding hydrogens is 679 g/mol. The molecule has 0 saturated carbocycles. The molecule has 2 saturated heterocycles. The van der Waals surface area contributed by atoms with Crippen LogP contribution < -0.4 is 0 Å². The second kappa shape index (κ2) is 15.1. The smallest absolute Gasteiger partial charge is 0.282 e. The van der Waals surface area contributed by atoms with E-state index in [2.05, 4.69) is 25.3 Å². The molecule has 8 rings (SSSR count). The minimum absolute atomic E-state index is 0.000592. The molecule has 2 amide bonds. The van der Waals surface area contributed by atoms with Gasteiger partial charge in [0.05, 0.1) is 11.8 Å². The van der Waals surface area contributed by atoms with Gasteiger partial charge in [-0.25, -0.2) is 13.8 Å². The first-order valence-corrected chi connectivity index (χ1v) is 17.5. The summed E-state index contributed by atoms with van der Waals surface area (Å²) in [5, 5.41) is 10.3. The summed E-state index contributed by atoms with van der Waals surface area (Å²) >= 11 is 1.34. The van der Waals surface area contributed by atoms with E-state index < -0.39 is 0 Å². The first-order chi connectivity index (χ1) is 24.8. The van der Waals surface area contributed by atoms with Crippen molar-refractivity contribution in [3.8, 4) is 22.8 Å². The lowest BCUT2D eigenvalue weighted by Crippen LogP contribution is -2.39. The largest absolute Gasteiger partial charge is 0.347 e. The van der Waals surface area contributed by atoms with Gasteiger partial charge in [0.2, 0.25) is 23.4 Å². The van der Waals surface area contributed by atoms with E-state index in [9.17, 15) is 18.4 Å². The summed E-state index contributed by atoms with van der Waals surface area (Å²) in [6.45, 7) is 2.51. The molecule has 0 spiro atoms. The summed E-state index contributed by atoms with van der Waals surface area (Å²) in [5.41, 5.74) is 2.07. The SMILES string of the molecule is Cn1cccc1C(=O)N1CCC[C@H](c2nc(-c3ccc(F)cc3)no2)C1.O=C(c1nccs1)N1CCC[C@H](c2nc(-c3ccc(F)cc3)no2)C1. The number of thiazole rings is 1. The Balaban J connectivity index is 0.000000159. The third kappa shape index (κ3) is 7.77. The number of rotatable bonds is 6. The number of likely N-dealkylation sites (tertiary alicyclic amines) is 2. The number of aromatic nitrogens is 6. The van der Waals surface area contributed by atoms with Crippen molar-refractivity contribution < 1.29 is 27.4 Å². The van der Waals surface area contributed by atoms with Crippen LogP contribution in [0.15, 0.2) is 87.5 Å². The van der Waals surface area contributed by atoms with Crippen molar-refractivity contribution in [2.75, 3.05) is 26.2 Å². The molecule has 6 heterocycles. The molecule has 4 aromatic heterocycles. The van der Waals surface area contributed by atoms with Crippen LogP contribution in [0.2, 0.25) is 0 Å². The maximum Gasteiger partial charge on any atom is 0.282 e. The monoisotopic (exact) mass is 712 g/mol. The number of piperidine rings is 2. The number of carbonyl (C=O) groups excluding carboxylic acids is 2. The van der Waals surface area contributed by atoms with Crippen molar-refractivity contribution in [3.05, 3.63) is 113 Å². The number of benzene rings is 2. The summed E-state index contributed by atoms with van der Waals surface area (Å²) in [6.07, 6.45) is 7.02. The van der Waals surface area contributed by atoms with Crippen LogP contribution in [-0.2, 0) is 7.05 Å². The van der Waals surface area contributed by atoms with Crippen molar-refractivity contribution in [2.45, 2.75) is 37.5 Å². The number of nitrogens with zero attached hydrogens (tertiary/aromatic N) is 8. The quantitative estimate of drug-likeness (QED) is 0.187. The van der Waals surface area contributed by atoms with Crippen molar-refractivity contribution in [1.82, 2.24) is 39.6 Å². The van der Waals surface area contributed by atoms with E-state index in [1.165, 1.54) is 35.6 Å². The summed E-state index contributed by atoms with van der Waals surface area (Å²) in [7, 11) is 1.86. The first kappa shape index (κ1) is 33.9. The molecule has 0 aliphatic carbocycles. The Morgan fingerprint density at radius 2 is 1.29 bits per heavy atom. The normalized spacial score (nSPS) is 17.5. The number of halogens is 2. The van der Waals surface area contributed by atoms with Gasteiger partial charge in [0, 0.05) is 62.1 Å². The van der Waals surface area contributed by atoms with E-state index in [1.807, 2.05) is 34.8 Å². The highest BCUT2D eigenvalue weighted by Crippen LogP contribution is 2.30. The van der Waals surface area contributed by atoms with Crippen LogP contribution in [0.3, 0.4) is 0 Å². The third-order valence-corrected chi connectivity index (χ3v) is 9.74. The van der Waals surface area contributed by atoms with E-state index in [-0.39, 0.29) is 35.3 Å². The molecule has 6 aromatic rings. The lowest BCUT2D eigenvalue weighted by Gasteiger charge is -2.31. The predicted molar refractivity (Wildman–Crippen MR) is 183 cm³/mol. The Morgan fingerprint density at radius 3 is 1.76 bits per heavy atom. The summed E-state index contributed by atoms with van der Waals surface area (Å²) < 4.78 is 38.7. The second-order valence-corrected chi connectivity index (χ2v) is 13.3. The summed E-state index contributed by atoms with van der Waals surface area (Å²) in [4.78, 5) is 41.8. The Hall–Kier alpha value is -5.57. The maximum absolute atomic E-state index is 13.1. The molecule has 12 nitrogen and oxygen atoms in total. The number of hydrogen-bond donors (Lipinski definition) is 0. The summed E-state index contributed by atoms with van der Waals surface area (Å²) in [6, 6.07) is 15.6. The van der Waals surface area contributed by atoms with Gasteiger partial charge >= 0.3 is 0 Å². The van der Waals surface area contributed by atoms with Crippen LogP contribution in [0.4, 0.5) is 8.78 Å². The Labute approximate surface area is 295 Å². The van der Waals surface area contributed by atoms with Crippen molar-refractivity contribution in [2.24, 2.45) is 7.05 Å². The van der Waals surface area contributed by atoms with E-state index in [0.717, 1.165) is 32.2 Å². The second-order valence-electron chi connectivity index (χ2n) is 12.4. The number of hydrogen-bond acceptors (Lipinski definition) is 10. The van der Waals surface area contributed by atoms with Crippen molar-refractivity contribution in [3.63, 3.8) is 0 Å². The van der Waals surface area contributed by atoms with Crippen LogP contribution >= 0.6 is 11.3 Å². The number of aryl methyl sites for hydroxylation is 1. The lowest BCUT2D eigenvalue weighted by atomic mass is 9.97. The predicted octanol–water partition coefficient (Wildman–Crippen LogP) is 6.59. The van der Waals surface area contributed by atoms with Gasteiger partial charge in [0.1, 0.15) is 17.3 Å². The van der Waals surface area contributed by atoms with Gasteiger partial charge in [-0.3, -0.25) is 9.59 Å². The zero-order valence-electron chi connectivity index (χ0n) is 27.7. The van der Waals surface area contributed by atoms with Crippen LogP contribution in [0.1, 0.15) is 69.6 Å². The van der Waals surface area contributed by atoms with Crippen LogP contribution in [0.25, 0.3) is 22.8 Å². The fraction of sp³-hybridized carbons (Fsp3) is 0.306. The highest BCUT2D eigenvalue weighted by atomic mass is 32.1. The Bertz CT molecular complexity index is 2080. The number of carbonyl (C=O) groups is 2. The van der Waals surface area contributed by atoms with Gasteiger partial charge < -0.3 is 23.4 Å². The number of amides is 2. The van der Waals surface area contributed by atoms with Gasteiger partial charge in [-0.1, -0.05) is 10.3 Å². The molecule has 2 fully saturated rings. The molecule has 262 valence electrons. The fourth-order valence-corrected chi connectivity index (χ4v) is 6.87. The third-order valence-electron chi connectivity index (χ3n) is 8.98. The first-order valence-electron chi connectivity index (χ1n) is 16.6. The molecule has 0 unspecified atom stereocenters. The molecular formula is C36H34F2N8O4S. The summed E-state index contributed by atoms with van der Waals surface area (Å²) in [5.74, 6) is 1.25. The Kier molecular flexibility index (Phi) is 10.1. The average Bonchev–Trinajstić information content (AvgIpc) is 4.00. The molecule has 15 heteroatoms. The zero-order chi connectivity index (χ0) is 35.3. The van der Waals surface area contributed by atoms with E-state index >= 15 is 0 Å². The van der Waals surface area contributed by atoms with E-state index in [0.29, 0.717) is 64.9 Å². The van der Waals surface area contributed by atoms with Crippen molar-refractivity contribution in [1.29, 1.82) is 0 Å². The highest BCUT2D eigenvalue weighted by Gasteiger charge is 2.31. The van der Waals surface area contributed by atoms with E-state index in [4.69, 9.17) is 9.05 Å². The van der Waals surface area contributed by atoms with Crippen molar-refractivity contribution >= 4 is 23.2 Å². The van der Waals surface area contributed by atoms with Gasteiger partial charge in [-0.2, -0.15) is 9.97 Å². The maximum atomic E-state index is 13.1. The fourth-order valence-electron chi connectivity index (χ4n) is 6.27. The molecule has 0 bridgehead atoms. The van der Waals surface area contributed by atoms with Gasteiger partial charge in [-0.05, 0) is 86.3 Å². The standard InChI is InChI=1S/C19H19FN4O2.C17H15FN4O2S/c1-23-10-3-5-16(23)19(25)24-11-2-4-14(12-24)18-21-17(22-26-18)13-6-8-15(20)9-7-13;18-13-5-3-11(4-6-13)14-20-15(24-21-14)12-2-1-8-22(10-12)17(23)16-19-7-9-25-16/h3,5-10,14H,2,4,11-12H2,1H3;3-7,9,12H,1-2,8,10H2/t14-;12-/m00/s1.